The third kappa shape index (κ3) is 10.9. The van der Waals surface area contributed by atoms with Crippen LogP contribution in [0, 0.1) is 17.8 Å². The summed E-state index contributed by atoms with van der Waals surface area (Å²) in [5.74, 6) is -13.3. The predicted molar refractivity (Wildman–Crippen MR) is 105 cm³/mol. The van der Waals surface area contributed by atoms with Crippen LogP contribution in [0.1, 0.15) is 26.2 Å². The number of hydrogen-bond donors (Lipinski definition) is 0. The van der Waals surface area contributed by atoms with Crippen LogP contribution in [0.4, 0.5) is 52.7 Å². The SMILES string of the molecule is C=C(C)C(=O)OCCOC(=O)C1CC(C(=O)OC(C(F)(F)F)C(F)(F)F)CC(C(=O)OC(C(F)(F)F)C(F)(F)F)C1. The van der Waals surface area contributed by atoms with Gasteiger partial charge in [0.25, 0.3) is 12.2 Å². The molecule has 1 aliphatic rings. The molecule has 0 bridgehead atoms. The van der Waals surface area contributed by atoms with Crippen LogP contribution >= 0.6 is 0 Å². The summed E-state index contributed by atoms with van der Waals surface area (Å²) < 4.78 is 170. The summed E-state index contributed by atoms with van der Waals surface area (Å²) in [7, 11) is 0. The molecule has 0 aromatic rings. The van der Waals surface area contributed by atoms with Crippen LogP contribution in [0.5, 0.6) is 0 Å². The Morgan fingerprint density at radius 2 is 0.902 bits per heavy atom. The van der Waals surface area contributed by atoms with Crippen molar-refractivity contribution in [3.63, 3.8) is 0 Å². The van der Waals surface area contributed by atoms with Crippen LogP contribution in [0.3, 0.4) is 0 Å². The highest BCUT2D eigenvalue weighted by Gasteiger charge is 2.62. The van der Waals surface area contributed by atoms with Crippen LogP contribution in [0.2, 0.25) is 0 Å². The maximum atomic E-state index is 12.8. The molecule has 1 aliphatic carbocycles. The van der Waals surface area contributed by atoms with Gasteiger partial charge in [-0.3, -0.25) is 14.4 Å². The summed E-state index contributed by atoms with van der Waals surface area (Å²) in [4.78, 5) is 48.1. The van der Waals surface area contributed by atoms with Crippen LogP contribution in [-0.2, 0) is 38.1 Å². The van der Waals surface area contributed by atoms with E-state index in [4.69, 9.17) is 0 Å². The molecule has 0 heterocycles. The Morgan fingerprint density at radius 1 is 0.610 bits per heavy atom. The minimum absolute atomic E-state index is 0.0710. The van der Waals surface area contributed by atoms with E-state index in [1.54, 1.807) is 0 Å². The van der Waals surface area contributed by atoms with Gasteiger partial charge in [-0.25, -0.2) is 4.79 Å². The Balaban J connectivity index is 3.20. The van der Waals surface area contributed by atoms with E-state index in [2.05, 4.69) is 25.5 Å². The van der Waals surface area contributed by atoms with Crippen molar-refractivity contribution in [2.45, 2.75) is 63.1 Å². The molecule has 1 saturated carbocycles. The number of hydrogen-bond acceptors (Lipinski definition) is 8. The summed E-state index contributed by atoms with van der Waals surface area (Å²) in [5, 5.41) is 0. The van der Waals surface area contributed by atoms with Crippen molar-refractivity contribution in [3.8, 4) is 0 Å². The monoisotopic (exact) mass is 628 g/mol. The molecular formula is C21H20F12O8. The highest BCUT2D eigenvalue weighted by Crippen LogP contribution is 2.41. The Hall–Kier alpha value is -3.22. The van der Waals surface area contributed by atoms with E-state index >= 15 is 0 Å². The van der Waals surface area contributed by atoms with E-state index in [-0.39, 0.29) is 5.57 Å². The molecule has 0 amide bonds. The first-order chi connectivity index (χ1) is 18.4. The zero-order valence-electron chi connectivity index (χ0n) is 20.4. The normalized spacial score (nSPS) is 20.4. The molecule has 0 radical (unpaired) electrons. The topological polar surface area (TPSA) is 105 Å². The summed E-state index contributed by atoms with van der Waals surface area (Å²) in [6.07, 6.45) is -37.3. The van der Waals surface area contributed by atoms with E-state index in [0.717, 1.165) is 0 Å². The summed E-state index contributed by atoms with van der Waals surface area (Å²) in [6, 6.07) is 0. The average Bonchev–Trinajstić information content (AvgIpc) is 2.79. The van der Waals surface area contributed by atoms with Crippen molar-refractivity contribution in [1.29, 1.82) is 0 Å². The lowest BCUT2D eigenvalue weighted by Gasteiger charge is -2.33. The number of alkyl halides is 12. The molecular weight excluding hydrogens is 608 g/mol. The van der Waals surface area contributed by atoms with Gasteiger partial charge in [-0.2, -0.15) is 52.7 Å². The predicted octanol–water partition coefficient (Wildman–Crippen LogP) is 4.75. The van der Waals surface area contributed by atoms with Crippen molar-refractivity contribution in [1.82, 2.24) is 0 Å². The number of ether oxygens (including phenoxy) is 4. The zero-order chi connectivity index (χ0) is 32.1. The van der Waals surface area contributed by atoms with Crippen LogP contribution in [0.15, 0.2) is 12.2 Å². The van der Waals surface area contributed by atoms with E-state index in [1.165, 1.54) is 6.92 Å². The molecule has 8 nitrogen and oxygen atoms in total. The minimum atomic E-state index is -6.19. The number of halogens is 12. The first-order valence-corrected chi connectivity index (χ1v) is 11.0. The van der Waals surface area contributed by atoms with Crippen molar-refractivity contribution in [2.75, 3.05) is 13.2 Å². The Morgan fingerprint density at radius 3 is 1.20 bits per heavy atom. The zero-order valence-corrected chi connectivity index (χ0v) is 20.4. The van der Waals surface area contributed by atoms with E-state index in [1.807, 2.05) is 0 Å². The molecule has 1 fully saturated rings. The first-order valence-electron chi connectivity index (χ1n) is 11.0. The van der Waals surface area contributed by atoms with Gasteiger partial charge in [-0.05, 0) is 26.2 Å². The van der Waals surface area contributed by atoms with Gasteiger partial charge in [-0.15, -0.1) is 0 Å². The van der Waals surface area contributed by atoms with Gasteiger partial charge in [0.2, 0.25) is 0 Å². The maximum absolute atomic E-state index is 12.8. The van der Waals surface area contributed by atoms with Gasteiger partial charge < -0.3 is 18.9 Å². The van der Waals surface area contributed by atoms with Gasteiger partial charge >= 0.3 is 48.6 Å². The fourth-order valence-electron chi connectivity index (χ4n) is 3.48. The molecule has 0 saturated heterocycles. The third-order valence-corrected chi connectivity index (χ3v) is 5.27. The molecule has 41 heavy (non-hydrogen) atoms. The van der Waals surface area contributed by atoms with Crippen LogP contribution in [-0.4, -0.2) is 74.0 Å². The maximum Gasteiger partial charge on any atom is 0.434 e. The van der Waals surface area contributed by atoms with Crippen molar-refractivity contribution in [2.24, 2.45) is 17.8 Å². The van der Waals surface area contributed by atoms with Crippen LogP contribution in [0.25, 0.3) is 0 Å². The molecule has 0 aromatic heterocycles. The van der Waals surface area contributed by atoms with Crippen molar-refractivity contribution < 1.29 is 90.8 Å². The molecule has 2 unspecified atom stereocenters. The second-order valence-electron chi connectivity index (χ2n) is 8.68. The second kappa shape index (κ2) is 13.2. The summed E-state index contributed by atoms with van der Waals surface area (Å²) >= 11 is 0. The lowest BCUT2D eigenvalue weighted by Crippen LogP contribution is -2.48. The smallest absolute Gasteiger partial charge is 0.434 e. The molecule has 236 valence electrons. The third-order valence-electron chi connectivity index (χ3n) is 5.27. The second-order valence-corrected chi connectivity index (χ2v) is 8.68. The minimum Gasteiger partial charge on any atom is -0.462 e. The molecule has 20 heteroatoms. The van der Waals surface area contributed by atoms with Gasteiger partial charge in [0.05, 0.1) is 17.8 Å². The number of carbonyl (C=O) groups excluding carboxylic acids is 4. The number of esters is 4. The first kappa shape index (κ1) is 35.8. The highest BCUT2D eigenvalue weighted by atomic mass is 19.4. The van der Waals surface area contributed by atoms with Crippen LogP contribution < -0.4 is 0 Å². The van der Waals surface area contributed by atoms with Gasteiger partial charge in [-0.1, -0.05) is 6.58 Å². The summed E-state index contributed by atoms with van der Waals surface area (Å²) in [6.45, 7) is 3.15. The fourth-order valence-corrected chi connectivity index (χ4v) is 3.48. The Kier molecular flexibility index (Phi) is 11.5. The molecule has 1 rings (SSSR count). The van der Waals surface area contributed by atoms with E-state index in [9.17, 15) is 71.9 Å². The van der Waals surface area contributed by atoms with E-state index < -0.39 is 111 Å². The van der Waals surface area contributed by atoms with Gasteiger partial charge in [0, 0.05) is 5.57 Å². The van der Waals surface area contributed by atoms with Gasteiger partial charge in [0.15, 0.2) is 0 Å². The van der Waals surface area contributed by atoms with E-state index in [0.29, 0.717) is 0 Å². The molecule has 2 atom stereocenters. The van der Waals surface area contributed by atoms with Gasteiger partial charge in [0.1, 0.15) is 13.2 Å². The standard InChI is InChI=1S/C21H20F12O8/c1-8(2)12(34)38-3-4-39-13(35)9-5-10(14(36)40-16(18(22,23)24)19(25,26)27)7-11(6-9)15(37)41-17(20(28,29)30)21(31,32)33/h9-11,16-17H,1,3-7H2,2H3. The van der Waals surface area contributed by atoms with Crippen molar-refractivity contribution >= 4 is 23.9 Å². The highest BCUT2D eigenvalue weighted by molar-refractivity contribution is 5.87. The molecule has 0 aromatic carbocycles. The summed E-state index contributed by atoms with van der Waals surface area (Å²) in [5.41, 5.74) is -0.0710. The Labute approximate surface area is 221 Å². The largest absolute Gasteiger partial charge is 0.462 e. The average molecular weight is 628 g/mol. The van der Waals surface area contributed by atoms with Crippen molar-refractivity contribution in [3.05, 3.63) is 12.2 Å². The lowest BCUT2D eigenvalue weighted by atomic mass is 9.75. The molecule has 0 aliphatic heterocycles. The number of carbonyl (C=O) groups is 4. The quantitative estimate of drug-likeness (QED) is 0.119. The Bertz CT molecular complexity index is 901. The lowest BCUT2D eigenvalue weighted by molar-refractivity contribution is -0.315. The molecule has 0 spiro atoms. The number of rotatable bonds is 9. The fraction of sp³-hybridized carbons (Fsp3) is 0.714. The molecule has 0 N–H and O–H groups in total.